The molecule has 4 rings (SSSR count). The average molecular weight is 416 g/mol. The Kier molecular flexibility index (Phi) is 7.18. The van der Waals surface area contributed by atoms with Gasteiger partial charge in [0.05, 0.1) is 5.92 Å². The lowest BCUT2D eigenvalue weighted by Gasteiger charge is -2.30. The fraction of sp³-hybridized carbons (Fsp3) is 0.348. The summed E-state index contributed by atoms with van der Waals surface area (Å²) in [6, 6.07) is 16.0. The molecule has 1 atom stereocenters. The third-order valence-electron chi connectivity index (χ3n) is 5.43. The number of hydrogen-bond acceptors (Lipinski definition) is 4. The number of halogens is 1. The molecule has 0 bridgehead atoms. The van der Waals surface area contributed by atoms with E-state index in [1.165, 1.54) is 0 Å². The smallest absolute Gasteiger partial charge is 0.307 e. The summed E-state index contributed by atoms with van der Waals surface area (Å²) in [6.07, 6.45) is 4.79. The molecule has 0 spiro atoms. The molecule has 154 valence electrons. The van der Waals surface area contributed by atoms with E-state index in [1.54, 1.807) is 0 Å². The Morgan fingerprint density at radius 2 is 1.69 bits per heavy atom. The number of benzene rings is 2. The number of para-hydroxylation sites is 2. The summed E-state index contributed by atoms with van der Waals surface area (Å²) in [5.74, 6) is 0.700. The van der Waals surface area contributed by atoms with E-state index in [1.807, 2.05) is 36.4 Å². The summed E-state index contributed by atoms with van der Waals surface area (Å²) in [5, 5.41) is 9.30. The zero-order valence-electron chi connectivity index (χ0n) is 16.3. The average Bonchev–Trinajstić information content (AvgIpc) is 2.71. The Balaban J connectivity index is 0.00000240. The molecule has 2 aliphatic rings. The molecule has 1 saturated heterocycles. The van der Waals surface area contributed by atoms with Gasteiger partial charge in [0, 0.05) is 24.2 Å². The van der Waals surface area contributed by atoms with Gasteiger partial charge in [0.1, 0.15) is 11.5 Å². The number of carboxylic acid groups (broad SMARTS) is 1. The molecule has 2 aliphatic heterocycles. The molecule has 0 unspecified atom stereocenters. The number of carbonyl (C=O) groups is 1. The van der Waals surface area contributed by atoms with E-state index < -0.39 is 5.97 Å². The maximum absolute atomic E-state index is 11.3. The van der Waals surface area contributed by atoms with Gasteiger partial charge in [-0.1, -0.05) is 42.5 Å². The Hall–Kier alpha value is -2.50. The highest BCUT2D eigenvalue weighted by Crippen LogP contribution is 2.37. The number of likely N-dealkylation sites (tertiary alicyclic amines) is 1. The van der Waals surface area contributed by atoms with E-state index in [9.17, 15) is 9.90 Å². The van der Waals surface area contributed by atoms with E-state index in [4.69, 9.17) is 9.47 Å². The standard InChI is InChI=1S/C23H25NO4.ClH/c25-23(26)17-7-5-13-24(15-17)14-6-10-18-19-8-1-3-11-21(19)27-16-28-22-12-4-2-9-20(18)22;/h1-4,8-12,17H,5-7,13-16H2,(H,25,26);1H/t17-;/m1./s1. The van der Waals surface area contributed by atoms with Crippen molar-refractivity contribution in [1.29, 1.82) is 0 Å². The third-order valence-corrected chi connectivity index (χ3v) is 5.43. The number of piperidine rings is 1. The second-order valence-electron chi connectivity index (χ2n) is 7.28. The van der Waals surface area contributed by atoms with Crippen LogP contribution in [-0.4, -0.2) is 42.4 Å². The van der Waals surface area contributed by atoms with Crippen LogP contribution < -0.4 is 9.47 Å². The van der Waals surface area contributed by atoms with Crippen molar-refractivity contribution in [3.8, 4) is 11.5 Å². The SMILES string of the molecule is Cl.O=C(O)[C@@H]1CCCN(CCC=C2c3ccccc3OCOc3ccccc32)C1. The number of ether oxygens (including phenoxy) is 2. The molecule has 0 saturated carbocycles. The van der Waals surface area contributed by atoms with Gasteiger partial charge >= 0.3 is 5.97 Å². The number of aliphatic carboxylic acids is 1. The molecule has 0 radical (unpaired) electrons. The third kappa shape index (κ3) is 4.92. The zero-order valence-corrected chi connectivity index (χ0v) is 17.1. The first-order chi connectivity index (χ1) is 13.7. The topological polar surface area (TPSA) is 59.0 Å². The minimum atomic E-state index is -0.680. The summed E-state index contributed by atoms with van der Waals surface area (Å²) < 4.78 is 11.6. The molecule has 0 aromatic heterocycles. The van der Waals surface area contributed by atoms with Gasteiger partial charge in [0.15, 0.2) is 0 Å². The van der Waals surface area contributed by atoms with Crippen molar-refractivity contribution in [3.05, 3.63) is 65.7 Å². The monoisotopic (exact) mass is 415 g/mol. The maximum atomic E-state index is 11.3. The summed E-state index contributed by atoms with van der Waals surface area (Å²) in [4.78, 5) is 13.6. The highest BCUT2D eigenvalue weighted by molar-refractivity contribution is 5.86. The molecule has 6 heteroatoms. The van der Waals surface area contributed by atoms with Gasteiger partial charge < -0.3 is 19.5 Å². The van der Waals surface area contributed by atoms with Crippen LogP contribution >= 0.6 is 12.4 Å². The van der Waals surface area contributed by atoms with E-state index in [0.29, 0.717) is 6.54 Å². The number of hydrogen-bond donors (Lipinski definition) is 1. The van der Waals surface area contributed by atoms with Crippen LogP contribution in [-0.2, 0) is 4.79 Å². The van der Waals surface area contributed by atoms with Crippen molar-refractivity contribution in [1.82, 2.24) is 4.90 Å². The van der Waals surface area contributed by atoms with Crippen LogP contribution in [0, 0.1) is 5.92 Å². The van der Waals surface area contributed by atoms with Crippen LogP contribution in [0.4, 0.5) is 0 Å². The fourth-order valence-corrected chi connectivity index (χ4v) is 4.00. The molecule has 29 heavy (non-hydrogen) atoms. The molecule has 2 heterocycles. The van der Waals surface area contributed by atoms with Crippen LogP contribution in [0.1, 0.15) is 30.4 Å². The van der Waals surface area contributed by atoms with Gasteiger partial charge in [-0.2, -0.15) is 0 Å². The molecule has 1 N–H and O–H groups in total. The predicted molar refractivity (Wildman–Crippen MR) is 115 cm³/mol. The highest BCUT2D eigenvalue weighted by atomic mass is 35.5. The lowest BCUT2D eigenvalue weighted by atomic mass is 9.94. The number of nitrogens with zero attached hydrogens (tertiary/aromatic N) is 1. The second kappa shape index (κ2) is 9.81. The van der Waals surface area contributed by atoms with Crippen LogP contribution in [0.3, 0.4) is 0 Å². The van der Waals surface area contributed by atoms with Crippen LogP contribution in [0.25, 0.3) is 5.57 Å². The first-order valence-corrected chi connectivity index (χ1v) is 9.82. The number of rotatable bonds is 4. The lowest BCUT2D eigenvalue weighted by Crippen LogP contribution is -2.39. The quantitative estimate of drug-likeness (QED) is 0.799. The minimum absolute atomic E-state index is 0. The summed E-state index contributed by atoms with van der Waals surface area (Å²) in [7, 11) is 0. The lowest BCUT2D eigenvalue weighted by molar-refractivity contribution is -0.143. The van der Waals surface area contributed by atoms with Crippen molar-refractivity contribution in [2.75, 3.05) is 26.4 Å². The fourth-order valence-electron chi connectivity index (χ4n) is 4.00. The molecular formula is C23H26ClNO4. The highest BCUT2D eigenvalue weighted by Gasteiger charge is 2.25. The van der Waals surface area contributed by atoms with Gasteiger partial charge in [-0.15, -0.1) is 12.4 Å². The molecular weight excluding hydrogens is 390 g/mol. The maximum Gasteiger partial charge on any atom is 0.307 e. The van der Waals surface area contributed by atoms with Gasteiger partial charge in [-0.05, 0) is 43.5 Å². The summed E-state index contributed by atoms with van der Waals surface area (Å²) in [6.45, 7) is 2.63. The van der Waals surface area contributed by atoms with Gasteiger partial charge in [0.2, 0.25) is 6.79 Å². The van der Waals surface area contributed by atoms with Crippen molar-refractivity contribution in [3.63, 3.8) is 0 Å². The van der Waals surface area contributed by atoms with E-state index in [0.717, 1.165) is 60.6 Å². The van der Waals surface area contributed by atoms with Crippen molar-refractivity contribution in [2.24, 2.45) is 5.92 Å². The molecule has 2 aromatic rings. The Morgan fingerprint density at radius 1 is 1.07 bits per heavy atom. The molecule has 1 fully saturated rings. The Bertz CT molecular complexity index is 833. The summed E-state index contributed by atoms with van der Waals surface area (Å²) in [5.41, 5.74) is 3.21. The van der Waals surface area contributed by atoms with Crippen LogP contribution in [0.2, 0.25) is 0 Å². The van der Waals surface area contributed by atoms with Gasteiger partial charge in [-0.25, -0.2) is 0 Å². The first kappa shape index (κ1) is 21.2. The molecule has 0 amide bonds. The number of fused-ring (bicyclic) bond motifs is 2. The van der Waals surface area contributed by atoms with Gasteiger partial charge in [-0.3, -0.25) is 4.79 Å². The van der Waals surface area contributed by atoms with E-state index in [2.05, 4.69) is 23.1 Å². The molecule has 5 nitrogen and oxygen atoms in total. The van der Waals surface area contributed by atoms with E-state index >= 15 is 0 Å². The van der Waals surface area contributed by atoms with Gasteiger partial charge in [0.25, 0.3) is 0 Å². The Labute approximate surface area is 177 Å². The number of carboxylic acids is 1. The van der Waals surface area contributed by atoms with Crippen LogP contribution in [0.15, 0.2) is 54.6 Å². The predicted octanol–water partition coefficient (Wildman–Crippen LogP) is 4.46. The van der Waals surface area contributed by atoms with Crippen molar-refractivity contribution < 1.29 is 19.4 Å². The van der Waals surface area contributed by atoms with Crippen LogP contribution in [0.5, 0.6) is 11.5 Å². The minimum Gasteiger partial charge on any atom is -0.481 e. The Morgan fingerprint density at radius 3 is 2.31 bits per heavy atom. The van der Waals surface area contributed by atoms with E-state index in [-0.39, 0.29) is 25.1 Å². The van der Waals surface area contributed by atoms with Crippen molar-refractivity contribution in [2.45, 2.75) is 19.3 Å². The molecule has 0 aliphatic carbocycles. The zero-order chi connectivity index (χ0) is 19.3. The van der Waals surface area contributed by atoms with Crippen molar-refractivity contribution >= 4 is 23.9 Å². The second-order valence-corrected chi connectivity index (χ2v) is 7.28. The first-order valence-electron chi connectivity index (χ1n) is 9.82. The normalized spacial score (nSPS) is 18.6. The molecule has 2 aromatic carbocycles. The summed E-state index contributed by atoms with van der Waals surface area (Å²) >= 11 is 0. The largest absolute Gasteiger partial charge is 0.481 e.